The Bertz CT molecular complexity index is 1210. The summed E-state index contributed by atoms with van der Waals surface area (Å²) in [7, 11) is -1.64. The van der Waals surface area contributed by atoms with Crippen LogP contribution in [0.2, 0.25) is 5.02 Å². The largest absolute Gasteiger partial charge is 0.472 e. The molecule has 1 aliphatic carbocycles. The van der Waals surface area contributed by atoms with Gasteiger partial charge in [-0.2, -0.15) is 0 Å². The number of hydrogen-bond acceptors (Lipinski definition) is 4. The Hall–Kier alpha value is -3.20. The Morgan fingerprint density at radius 2 is 1.76 bits per heavy atom. The molecule has 0 saturated heterocycles. The SMILES string of the molecule is Cc1cccc(F)c1.O=C(CC(NC(=O)c1cccc2c1CCCC2)c1ccccc1Cl)NCB(O)O. The number of carbonyl (C=O) groups excluding carboxylic acids is 2. The third-order valence-corrected chi connectivity index (χ3v) is 6.42. The normalized spacial score (nSPS) is 12.9. The summed E-state index contributed by atoms with van der Waals surface area (Å²) in [5.41, 5.74) is 4.50. The predicted octanol–water partition coefficient (Wildman–Crippen LogP) is 4.34. The summed E-state index contributed by atoms with van der Waals surface area (Å²) in [6.45, 7) is 1.86. The van der Waals surface area contributed by atoms with Gasteiger partial charge in [-0.15, -0.1) is 0 Å². The maximum Gasteiger partial charge on any atom is 0.472 e. The van der Waals surface area contributed by atoms with Crippen LogP contribution < -0.4 is 10.6 Å². The van der Waals surface area contributed by atoms with E-state index in [1.165, 1.54) is 17.7 Å². The summed E-state index contributed by atoms with van der Waals surface area (Å²) >= 11 is 6.31. The van der Waals surface area contributed by atoms with Crippen LogP contribution in [0.5, 0.6) is 0 Å². The molecule has 4 N–H and O–H groups in total. The fraction of sp³-hybridized carbons (Fsp3) is 0.286. The summed E-state index contributed by atoms with van der Waals surface area (Å²) < 4.78 is 12.2. The molecule has 0 heterocycles. The first-order valence-electron chi connectivity index (χ1n) is 12.3. The van der Waals surface area contributed by atoms with Gasteiger partial charge in [0.2, 0.25) is 5.91 Å². The van der Waals surface area contributed by atoms with E-state index in [1.54, 1.807) is 30.3 Å². The minimum Gasteiger partial charge on any atom is -0.426 e. The minimum absolute atomic E-state index is 0.0722. The quantitative estimate of drug-likeness (QED) is 0.346. The molecule has 0 aliphatic heterocycles. The average Bonchev–Trinajstić information content (AvgIpc) is 2.87. The van der Waals surface area contributed by atoms with Gasteiger partial charge in [-0.1, -0.05) is 54.1 Å². The van der Waals surface area contributed by atoms with Crippen LogP contribution in [0.15, 0.2) is 66.7 Å². The highest BCUT2D eigenvalue weighted by atomic mass is 35.5. The van der Waals surface area contributed by atoms with Crippen molar-refractivity contribution in [1.29, 1.82) is 0 Å². The third-order valence-electron chi connectivity index (χ3n) is 6.08. The number of fused-ring (bicyclic) bond motifs is 1. The first-order valence-corrected chi connectivity index (χ1v) is 12.6. The Morgan fingerprint density at radius 1 is 1.03 bits per heavy atom. The number of rotatable bonds is 7. The van der Waals surface area contributed by atoms with Crippen LogP contribution in [0.1, 0.15) is 57.9 Å². The Balaban J connectivity index is 0.000000405. The third kappa shape index (κ3) is 8.70. The molecule has 0 spiro atoms. The fourth-order valence-electron chi connectivity index (χ4n) is 4.29. The van der Waals surface area contributed by atoms with E-state index in [2.05, 4.69) is 16.7 Å². The average molecular weight is 525 g/mol. The Morgan fingerprint density at radius 3 is 2.43 bits per heavy atom. The highest BCUT2D eigenvalue weighted by molar-refractivity contribution is 6.41. The first-order chi connectivity index (χ1) is 17.7. The van der Waals surface area contributed by atoms with Gasteiger partial charge >= 0.3 is 7.12 Å². The molecule has 0 radical (unpaired) electrons. The van der Waals surface area contributed by atoms with Crippen molar-refractivity contribution in [2.24, 2.45) is 0 Å². The van der Waals surface area contributed by atoms with Gasteiger partial charge in [0, 0.05) is 10.6 Å². The van der Waals surface area contributed by atoms with E-state index in [4.69, 9.17) is 21.6 Å². The number of hydrogen-bond donors (Lipinski definition) is 4. The molecular formula is C28H31BClFN2O4. The van der Waals surface area contributed by atoms with Crippen LogP contribution in [0.4, 0.5) is 4.39 Å². The second-order valence-corrected chi connectivity index (χ2v) is 9.39. The van der Waals surface area contributed by atoms with Gasteiger partial charge in [-0.3, -0.25) is 9.59 Å². The van der Waals surface area contributed by atoms with Crippen LogP contribution in [-0.4, -0.2) is 35.4 Å². The predicted molar refractivity (Wildman–Crippen MR) is 144 cm³/mol. The van der Waals surface area contributed by atoms with E-state index in [-0.39, 0.29) is 24.6 Å². The Labute approximate surface area is 222 Å². The molecule has 0 aromatic heterocycles. The summed E-state index contributed by atoms with van der Waals surface area (Å²) in [4.78, 5) is 25.4. The zero-order chi connectivity index (χ0) is 26.8. The second kappa shape index (κ2) is 13.9. The molecule has 3 aromatic carbocycles. The maximum absolute atomic E-state index is 13.1. The highest BCUT2D eigenvalue weighted by Gasteiger charge is 2.24. The van der Waals surface area contributed by atoms with E-state index < -0.39 is 19.1 Å². The van der Waals surface area contributed by atoms with E-state index in [9.17, 15) is 14.0 Å². The van der Waals surface area contributed by atoms with Crippen molar-refractivity contribution in [2.45, 2.75) is 45.1 Å². The molecule has 3 aromatic rings. The smallest absolute Gasteiger partial charge is 0.426 e. The zero-order valence-corrected chi connectivity index (χ0v) is 21.5. The van der Waals surface area contributed by atoms with Crippen molar-refractivity contribution in [2.75, 3.05) is 6.44 Å². The van der Waals surface area contributed by atoms with E-state index >= 15 is 0 Å². The standard InChI is InChI=1S/C21H24BClN2O4.C7H7F/c23-18-11-4-3-9-17(18)19(12-20(26)24-13-22(28)29)25-21(27)16-10-5-7-14-6-1-2-8-15(14)16;1-6-3-2-4-7(8)5-6/h3-5,7,9-11,19,28-29H,1-2,6,8,12-13H2,(H,24,26)(H,25,27);2-5H,1H3. The fourth-order valence-corrected chi connectivity index (χ4v) is 4.56. The van der Waals surface area contributed by atoms with Gasteiger partial charge in [0.1, 0.15) is 5.82 Å². The van der Waals surface area contributed by atoms with Crippen LogP contribution in [0.25, 0.3) is 0 Å². The lowest BCUT2D eigenvalue weighted by molar-refractivity contribution is -0.121. The van der Waals surface area contributed by atoms with Crippen LogP contribution in [0.3, 0.4) is 0 Å². The van der Waals surface area contributed by atoms with Gasteiger partial charge < -0.3 is 20.7 Å². The molecule has 1 unspecified atom stereocenters. The van der Waals surface area contributed by atoms with Crippen molar-refractivity contribution >= 4 is 30.5 Å². The van der Waals surface area contributed by atoms with E-state index in [1.807, 2.05) is 25.1 Å². The molecule has 37 heavy (non-hydrogen) atoms. The lowest BCUT2D eigenvalue weighted by Crippen LogP contribution is -2.38. The number of benzene rings is 3. The monoisotopic (exact) mass is 524 g/mol. The van der Waals surface area contributed by atoms with E-state index in [0.717, 1.165) is 36.8 Å². The van der Waals surface area contributed by atoms with Crippen molar-refractivity contribution < 1.29 is 24.0 Å². The van der Waals surface area contributed by atoms with Crippen LogP contribution in [0, 0.1) is 12.7 Å². The van der Waals surface area contributed by atoms with Crippen molar-refractivity contribution in [3.05, 3.63) is 105 Å². The second-order valence-electron chi connectivity index (χ2n) is 8.99. The molecule has 1 atom stereocenters. The molecule has 1 aliphatic rings. The molecule has 0 saturated carbocycles. The van der Waals surface area contributed by atoms with Gasteiger partial charge in [-0.05, 0) is 79.1 Å². The van der Waals surface area contributed by atoms with Crippen LogP contribution >= 0.6 is 11.6 Å². The van der Waals surface area contributed by atoms with Gasteiger partial charge in [0.25, 0.3) is 5.91 Å². The number of nitrogens with one attached hydrogen (secondary N) is 2. The number of aryl methyl sites for hydroxylation is 2. The molecule has 2 amide bonds. The maximum atomic E-state index is 13.1. The molecule has 4 rings (SSSR count). The number of amides is 2. The van der Waals surface area contributed by atoms with Gasteiger partial charge in [-0.25, -0.2) is 4.39 Å². The van der Waals surface area contributed by atoms with Gasteiger partial charge in [0.15, 0.2) is 0 Å². The van der Waals surface area contributed by atoms with E-state index in [0.29, 0.717) is 16.1 Å². The van der Waals surface area contributed by atoms with Crippen molar-refractivity contribution in [3.8, 4) is 0 Å². The summed E-state index contributed by atoms with van der Waals surface area (Å²) in [6.07, 6.45) is 3.65. The molecule has 6 nitrogen and oxygen atoms in total. The molecule has 194 valence electrons. The summed E-state index contributed by atoms with van der Waals surface area (Å²) in [5.74, 6) is -0.827. The number of halogens is 2. The number of carbonyl (C=O) groups is 2. The highest BCUT2D eigenvalue weighted by Crippen LogP contribution is 2.28. The molecular weight excluding hydrogens is 494 g/mol. The molecule has 0 bridgehead atoms. The summed E-state index contributed by atoms with van der Waals surface area (Å²) in [5, 5.41) is 23.7. The topological polar surface area (TPSA) is 98.7 Å². The van der Waals surface area contributed by atoms with Crippen molar-refractivity contribution in [3.63, 3.8) is 0 Å². The summed E-state index contributed by atoms with van der Waals surface area (Å²) in [6, 6.07) is 18.7. The Kier molecular flexibility index (Phi) is 10.7. The molecule has 0 fully saturated rings. The first kappa shape index (κ1) is 28.4. The van der Waals surface area contributed by atoms with Gasteiger partial charge in [0.05, 0.1) is 18.9 Å². The lowest BCUT2D eigenvalue weighted by Gasteiger charge is -2.23. The minimum atomic E-state index is -1.64. The zero-order valence-electron chi connectivity index (χ0n) is 20.7. The van der Waals surface area contributed by atoms with Crippen molar-refractivity contribution in [1.82, 2.24) is 10.6 Å². The lowest BCUT2D eigenvalue weighted by atomic mass is 9.88. The molecule has 9 heteroatoms. The van der Waals surface area contributed by atoms with Crippen LogP contribution in [-0.2, 0) is 17.6 Å².